The minimum absolute atomic E-state index is 0.245. The number of carbonyl (C=O) groups excluding carboxylic acids is 1. The largest absolute Gasteiger partial charge is 0.447 e. The van der Waals surface area contributed by atoms with Crippen molar-refractivity contribution in [3.05, 3.63) is 66.6 Å². The third kappa shape index (κ3) is 3.50. The summed E-state index contributed by atoms with van der Waals surface area (Å²) in [5.41, 5.74) is 2.99. The number of hydrogen-bond donors (Lipinski definition) is 2. The Labute approximate surface area is 153 Å². The van der Waals surface area contributed by atoms with E-state index in [1.165, 1.54) is 24.7 Å². The second-order valence-electron chi connectivity index (χ2n) is 5.99. The van der Waals surface area contributed by atoms with E-state index in [1.807, 2.05) is 19.2 Å². The maximum absolute atomic E-state index is 13.6. The number of benzene rings is 2. The number of aromatic nitrogens is 3. The van der Waals surface area contributed by atoms with Gasteiger partial charge < -0.3 is 15.1 Å². The molecule has 2 N–H and O–H groups in total. The molecule has 0 saturated carbocycles. The Bertz CT molecular complexity index is 1090. The van der Waals surface area contributed by atoms with Crippen LogP contribution in [0.1, 0.15) is 5.76 Å². The fourth-order valence-corrected chi connectivity index (χ4v) is 2.83. The van der Waals surface area contributed by atoms with Gasteiger partial charge in [0.1, 0.15) is 17.3 Å². The van der Waals surface area contributed by atoms with Crippen molar-refractivity contribution in [3.8, 4) is 11.3 Å². The van der Waals surface area contributed by atoms with Gasteiger partial charge in [-0.05, 0) is 30.3 Å². The number of nitrogens with one attached hydrogen (secondary N) is 2. The van der Waals surface area contributed by atoms with E-state index >= 15 is 0 Å². The second kappa shape index (κ2) is 6.91. The molecule has 2 heterocycles. The van der Waals surface area contributed by atoms with Crippen LogP contribution in [0.2, 0.25) is 0 Å². The maximum atomic E-state index is 13.6. The lowest BCUT2D eigenvalue weighted by molar-refractivity contribution is 0.251. The molecule has 136 valence electrons. The lowest BCUT2D eigenvalue weighted by atomic mass is 10.1. The zero-order valence-corrected chi connectivity index (χ0v) is 14.4. The van der Waals surface area contributed by atoms with Crippen molar-refractivity contribution >= 4 is 22.6 Å². The number of aryl methyl sites for hydroxylation is 1. The SMILES string of the molecule is Cn1nc(-c2ccc(NC(=O)NCc3cnco3)cc2)c2cc(F)ccc21. The highest BCUT2D eigenvalue weighted by Gasteiger charge is 2.12. The van der Waals surface area contributed by atoms with Crippen molar-refractivity contribution in [1.29, 1.82) is 0 Å². The third-order valence-electron chi connectivity index (χ3n) is 4.14. The van der Waals surface area contributed by atoms with Gasteiger partial charge >= 0.3 is 6.03 Å². The van der Waals surface area contributed by atoms with Gasteiger partial charge in [-0.2, -0.15) is 5.10 Å². The predicted molar refractivity (Wildman–Crippen MR) is 98.5 cm³/mol. The summed E-state index contributed by atoms with van der Waals surface area (Å²) in [5, 5.41) is 10.6. The molecule has 2 amide bonds. The number of halogens is 1. The summed E-state index contributed by atoms with van der Waals surface area (Å²) in [6.07, 6.45) is 2.84. The first-order valence-electron chi connectivity index (χ1n) is 8.25. The summed E-state index contributed by atoms with van der Waals surface area (Å²) >= 11 is 0. The van der Waals surface area contributed by atoms with Crippen molar-refractivity contribution in [1.82, 2.24) is 20.1 Å². The molecular formula is C19H16FN5O2. The molecule has 2 aromatic carbocycles. The summed E-state index contributed by atoms with van der Waals surface area (Å²) in [4.78, 5) is 15.7. The molecule has 0 radical (unpaired) electrons. The van der Waals surface area contributed by atoms with Crippen LogP contribution in [0.25, 0.3) is 22.2 Å². The highest BCUT2D eigenvalue weighted by molar-refractivity contribution is 5.94. The second-order valence-corrected chi connectivity index (χ2v) is 5.99. The zero-order valence-electron chi connectivity index (χ0n) is 14.4. The predicted octanol–water partition coefficient (Wildman–Crippen LogP) is 3.69. The minimum atomic E-state index is -0.357. The lowest BCUT2D eigenvalue weighted by Gasteiger charge is -2.07. The number of rotatable bonds is 4. The van der Waals surface area contributed by atoms with Crippen molar-refractivity contribution in [3.63, 3.8) is 0 Å². The Balaban J connectivity index is 1.49. The van der Waals surface area contributed by atoms with Crippen LogP contribution in [-0.4, -0.2) is 20.8 Å². The van der Waals surface area contributed by atoms with Crippen LogP contribution >= 0.6 is 0 Å². The molecule has 4 rings (SSSR count). The molecule has 4 aromatic rings. The van der Waals surface area contributed by atoms with Crippen LogP contribution in [-0.2, 0) is 13.6 Å². The molecule has 0 atom stereocenters. The topological polar surface area (TPSA) is 85.0 Å². The summed E-state index contributed by atoms with van der Waals surface area (Å²) < 4.78 is 20.4. The van der Waals surface area contributed by atoms with Gasteiger partial charge in [0.15, 0.2) is 6.39 Å². The molecule has 27 heavy (non-hydrogen) atoms. The average molecular weight is 365 g/mol. The van der Waals surface area contributed by atoms with E-state index in [0.29, 0.717) is 17.1 Å². The van der Waals surface area contributed by atoms with Gasteiger partial charge in [0.05, 0.1) is 18.3 Å². The van der Waals surface area contributed by atoms with E-state index in [9.17, 15) is 9.18 Å². The maximum Gasteiger partial charge on any atom is 0.319 e. The Kier molecular flexibility index (Phi) is 4.29. The zero-order chi connectivity index (χ0) is 18.8. The van der Waals surface area contributed by atoms with Crippen molar-refractivity contribution in [2.75, 3.05) is 5.32 Å². The van der Waals surface area contributed by atoms with E-state index in [0.717, 1.165) is 16.5 Å². The monoisotopic (exact) mass is 365 g/mol. The molecule has 7 nitrogen and oxygen atoms in total. The van der Waals surface area contributed by atoms with Gasteiger partial charge in [-0.3, -0.25) is 4.68 Å². The van der Waals surface area contributed by atoms with Crippen LogP contribution < -0.4 is 10.6 Å². The number of hydrogen-bond acceptors (Lipinski definition) is 4. The van der Waals surface area contributed by atoms with Crippen LogP contribution in [0, 0.1) is 5.82 Å². The Morgan fingerprint density at radius 3 is 2.78 bits per heavy atom. The number of carbonyl (C=O) groups is 1. The molecule has 0 aliphatic carbocycles. The van der Waals surface area contributed by atoms with E-state index in [1.54, 1.807) is 22.9 Å². The van der Waals surface area contributed by atoms with Gasteiger partial charge in [0, 0.05) is 23.7 Å². The van der Waals surface area contributed by atoms with Crippen molar-refractivity contribution in [2.24, 2.45) is 7.05 Å². The Hall–Kier alpha value is -3.68. The lowest BCUT2D eigenvalue weighted by Crippen LogP contribution is -2.27. The molecule has 0 bridgehead atoms. The minimum Gasteiger partial charge on any atom is -0.447 e. The highest BCUT2D eigenvalue weighted by atomic mass is 19.1. The van der Waals surface area contributed by atoms with Crippen LogP contribution in [0.5, 0.6) is 0 Å². The highest BCUT2D eigenvalue weighted by Crippen LogP contribution is 2.29. The summed E-state index contributed by atoms with van der Waals surface area (Å²) in [5.74, 6) is 0.258. The van der Waals surface area contributed by atoms with Crippen molar-refractivity contribution in [2.45, 2.75) is 6.54 Å². The number of oxazole rings is 1. The summed E-state index contributed by atoms with van der Waals surface area (Å²) in [6, 6.07) is 11.4. The summed E-state index contributed by atoms with van der Waals surface area (Å²) in [7, 11) is 1.82. The van der Waals surface area contributed by atoms with E-state index in [2.05, 4.69) is 20.7 Å². The number of urea groups is 1. The van der Waals surface area contributed by atoms with Gasteiger partial charge in [-0.1, -0.05) is 12.1 Å². The van der Waals surface area contributed by atoms with Gasteiger partial charge in [0.25, 0.3) is 0 Å². The molecule has 0 unspecified atom stereocenters. The Morgan fingerprint density at radius 2 is 2.04 bits per heavy atom. The van der Waals surface area contributed by atoms with E-state index < -0.39 is 0 Å². The number of anilines is 1. The van der Waals surface area contributed by atoms with Crippen LogP contribution in [0.15, 0.2) is 59.5 Å². The quantitative estimate of drug-likeness (QED) is 0.578. The van der Waals surface area contributed by atoms with Crippen LogP contribution in [0.4, 0.5) is 14.9 Å². The van der Waals surface area contributed by atoms with Crippen molar-refractivity contribution < 1.29 is 13.6 Å². The van der Waals surface area contributed by atoms with Crippen LogP contribution in [0.3, 0.4) is 0 Å². The molecular weight excluding hydrogens is 349 g/mol. The standard InChI is InChI=1S/C19H16FN5O2/c1-25-17-7-4-13(20)8-16(17)18(24-25)12-2-5-14(6-3-12)23-19(26)22-10-15-9-21-11-27-15/h2-9,11H,10H2,1H3,(H2,22,23,26). The third-order valence-corrected chi connectivity index (χ3v) is 4.14. The fraction of sp³-hybridized carbons (Fsp3) is 0.105. The number of nitrogens with zero attached hydrogens (tertiary/aromatic N) is 3. The first kappa shape index (κ1) is 16.8. The van der Waals surface area contributed by atoms with Gasteiger partial charge in [-0.15, -0.1) is 0 Å². The van der Waals surface area contributed by atoms with Gasteiger partial charge in [0.2, 0.25) is 0 Å². The Morgan fingerprint density at radius 1 is 1.22 bits per heavy atom. The molecule has 0 aliphatic heterocycles. The molecule has 2 aromatic heterocycles. The average Bonchev–Trinajstić information content (AvgIpc) is 3.29. The fourth-order valence-electron chi connectivity index (χ4n) is 2.83. The number of amides is 2. The molecule has 8 heteroatoms. The smallest absolute Gasteiger partial charge is 0.319 e. The molecule has 0 aliphatic rings. The summed E-state index contributed by atoms with van der Waals surface area (Å²) in [6.45, 7) is 0.245. The molecule has 0 fully saturated rings. The normalized spacial score (nSPS) is 10.9. The number of fused-ring (bicyclic) bond motifs is 1. The first-order valence-corrected chi connectivity index (χ1v) is 8.25. The molecule has 0 spiro atoms. The first-order chi connectivity index (χ1) is 13.1. The molecule has 0 saturated heterocycles. The van der Waals surface area contributed by atoms with E-state index in [4.69, 9.17) is 4.42 Å². The van der Waals surface area contributed by atoms with E-state index in [-0.39, 0.29) is 18.4 Å². The van der Waals surface area contributed by atoms with Gasteiger partial charge in [-0.25, -0.2) is 14.2 Å².